The van der Waals surface area contributed by atoms with Crippen molar-refractivity contribution in [3.8, 4) is 16.3 Å². The molecule has 0 radical (unpaired) electrons. The maximum Gasteiger partial charge on any atom is 0.262 e. The number of pyridine rings is 1. The largest absolute Gasteiger partial charge is 0.484 e. The topological polar surface area (TPSA) is 67.3 Å². The van der Waals surface area contributed by atoms with Crippen molar-refractivity contribution in [2.75, 3.05) is 29.9 Å². The molecule has 0 unspecified atom stereocenters. The van der Waals surface area contributed by atoms with E-state index >= 15 is 0 Å². The average Bonchev–Trinajstić information content (AvgIpc) is 3.24. The monoisotopic (exact) mass is 432 g/mol. The molecule has 1 amide bonds. The zero-order valence-electron chi connectivity index (χ0n) is 17.5. The lowest BCUT2D eigenvalue weighted by molar-refractivity contribution is -0.118. The van der Waals surface area contributed by atoms with Crippen LogP contribution in [-0.2, 0) is 4.79 Å². The predicted molar refractivity (Wildman–Crippen MR) is 127 cm³/mol. The summed E-state index contributed by atoms with van der Waals surface area (Å²) < 4.78 is 5.72. The van der Waals surface area contributed by atoms with E-state index in [0.29, 0.717) is 11.4 Å². The summed E-state index contributed by atoms with van der Waals surface area (Å²) in [4.78, 5) is 24.5. The number of benzene rings is 2. The van der Waals surface area contributed by atoms with Crippen molar-refractivity contribution in [3.05, 3.63) is 66.9 Å². The Morgan fingerprint density at radius 2 is 1.90 bits per heavy atom. The van der Waals surface area contributed by atoms with E-state index in [1.807, 2.05) is 60.7 Å². The van der Waals surface area contributed by atoms with Crippen LogP contribution < -0.4 is 15.0 Å². The molecule has 6 nitrogen and oxygen atoms in total. The first-order chi connectivity index (χ1) is 15.2. The van der Waals surface area contributed by atoms with Crippen molar-refractivity contribution < 1.29 is 9.53 Å². The maximum absolute atomic E-state index is 12.4. The third-order valence-corrected chi connectivity index (χ3v) is 5.90. The summed E-state index contributed by atoms with van der Waals surface area (Å²) in [5.41, 5.74) is 3.60. The summed E-state index contributed by atoms with van der Waals surface area (Å²) >= 11 is 1.53. The first kappa shape index (κ1) is 20.8. The van der Waals surface area contributed by atoms with Gasteiger partial charge in [0.25, 0.3) is 5.91 Å². The summed E-state index contributed by atoms with van der Waals surface area (Å²) in [6.45, 7) is 6.01. The fraction of sp³-hybridized carbons (Fsp3) is 0.208. The van der Waals surface area contributed by atoms with Crippen LogP contribution in [0.2, 0.25) is 0 Å². The summed E-state index contributed by atoms with van der Waals surface area (Å²) in [6, 6.07) is 19.3. The van der Waals surface area contributed by atoms with Crippen LogP contribution in [-0.4, -0.2) is 35.6 Å². The Labute approximate surface area is 185 Å². The molecular weight excluding hydrogens is 408 g/mol. The molecule has 0 aliphatic heterocycles. The maximum atomic E-state index is 12.4. The first-order valence-electron chi connectivity index (χ1n) is 10.3. The number of carbonyl (C=O) groups excluding carboxylic acids is 1. The quantitative estimate of drug-likeness (QED) is 0.413. The van der Waals surface area contributed by atoms with Crippen LogP contribution in [0.5, 0.6) is 5.75 Å². The molecule has 0 spiro atoms. The van der Waals surface area contributed by atoms with Gasteiger partial charge >= 0.3 is 0 Å². The Kier molecular flexibility index (Phi) is 6.43. The summed E-state index contributed by atoms with van der Waals surface area (Å²) in [5, 5.41) is 3.77. The van der Waals surface area contributed by atoms with Gasteiger partial charge in [-0.05, 0) is 50.2 Å². The zero-order chi connectivity index (χ0) is 21.6. The molecule has 4 aromatic rings. The van der Waals surface area contributed by atoms with Gasteiger partial charge in [0.2, 0.25) is 0 Å². The molecule has 31 heavy (non-hydrogen) atoms. The van der Waals surface area contributed by atoms with Crippen molar-refractivity contribution in [3.63, 3.8) is 0 Å². The molecule has 0 aliphatic carbocycles. The molecular formula is C24H24N4O2S. The number of carbonyl (C=O) groups is 1. The van der Waals surface area contributed by atoms with Gasteiger partial charge in [0.15, 0.2) is 6.61 Å². The highest BCUT2D eigenvalue weighted by atomic mass is 32.1. The summed E-state index contributed by atoms with van der Waals surface area (Å²) in [5.74, 6) is 0.464. The highest BCUT2D eigenvalue weighted by molar-refractivity contribution is 7.21. The first-order valence-corrected chi connectivity index (χ1v) is 11.1. The van der Waals surface area contributed by atoms with Crippen molar-refractivity contribution in [2.24, 2.45) is 0 Å². The Morgan fingerprint density at radius 3 is 2.71 bits per heavy atom. The molecule has 0 bridgehead atoms. The second-order valence-corrected chi connectivity index (χ2v) is 7.91. The number of aromatic nitrogens is 2. The average molecular weight is 433 g/mol. The van der Waals surface area contributed by atoms with Gasteiger partial charge in [0.05, 0.1) is 0 Å². The van der Waals surface area contributed by atoms with Crippen molar-refractivity contribution in [1.29, 1.82) is 0 Å². The Hall–Kier alpha value is -3.45. The van der Waals surface area contributed by atoms with E-state index in [9.17, 15) is 4.79 Å². The van der Waals surface area contributed by atoms with Gasteiger partial charge in [-0.3, -0.25) is 4.79 Å². The molecule has 0 saturated carbocycles. The molecule has 2 aromatic heterocycles. The third kappa shape index (κ3) is 5.00. The SMILES string of the molecule is CCN(CC)c1cccc(OCC(=O)Nc2cccc(-c3nc4cccnc4s3)c2)c1. The fourth-order valence-corrected chi connectivity index (χ4v) is 4.23. The smallest absolute Gasteiger partial charge is 0.262 e. The Bertz CT molecular complexity index is 1150. The summed E-state index contributed by atoms with van der Waals surface area (Å²) in [7, 11) is 0. The fourth-order valence-electron chi connectivity index (χ4n) is 3.33. The molecule has 7 heteroatoms. The van der Waals surface area contributed by atoms with Crippen LogP contribution in [0.25, 0.3) is 20.9 Å². The van der Waals surface area contributed by atoms with Gasteiger partial charge in [-0.25, -0.2) is 9.97 Å². The molecule has 158 valence electrons. The minimum Gasteiger partial charge on any atom is -0.484 e. The van der Waals surface area contributed by atoms with Gasteiger partial charge in [0.1, 0.15) is 21.1 Å². The second-order valence-electron chi connectivity index (χ2n) is 6.93. The minimum absolute atomic E-state index is 0.0585. The molecule has 2 aromatic carbocycles. The van der Waals surface area contributed by atoms with E-state index < -0.39 is 0 Å². The number of amides is 1. The molecule has 0 atom stereocenters. The number of ether oxygens (including phenoxy) is 1. The number of nitrogens with zero attached hydrogens (tertiary/aromatic N) is 3. The number of anilines is 2. The van der Waals surface area contributed by atoms with Crippen LogP contribution >= 0.6 is 11.3 Å². The minimum atomic E-state index is -0.212. The van der Waals surface area contributed by atoms with Gasteiger partial charge in [-0.15, -0.1) is 0 Å². The lowest BCUT2D eigenvalue weighted by Gasteiger charge is -2.21. The van der Waals surface area contributed by atoms with E-state index in [2.05, 4.69) is 34.0 Å². The van der Waals surface area contributed by atoms with Gasteiger partial charge in [-0.1, -0.05) is 29.5 Å². The van der Waals surface area contributed by atoms with Crippen LogP contribution in [0.3, 0.4) is 0 Å². The number of hydrogen-bond acceptors (Lipinski definition) is 6. The van der Waals surface area contributed by atoms with Crippen LogP contribution in [0.4, 0.5) is 11.4 Å². The highest BCUT2D eigenvalue weighted by Crippen LogP contribution is 2.30. The van der Waals surface area contributed by atoms with Crippen LogP contribution in [0.15, 0.2) is 66.9 Å². The highest BCUT2D eigenvalue weighted by Gasteiger charge is 2.10. The molecule has 0 aliphatic rings. The number of nitrogens with one attached hydrogen (secondary N) is 1. The van der Waals surface area contributed by atoms with Crippen molar-refractivity contribution in [1.82, 2.24) is 9.97 Å². The van der Waals surface area contributed by atoms with Gasteiger partial charge in [-0.2, -0.15) is 0 Å². The van der Waals surface area contributed by atoms with E-state index in [-0.39, 0.29) is 12.5 Å². The van der Waals surface area contributed by atoms with E-state index in [1.165, 1.54) is 11.3 Å². The van der Waals surface area contributed by atoms with Crippen molar-refractivity contribution in [2.45, 2.75) is 13.8 Å². The molecule has 0 fully saturated rings. The number of thiazole rings is 1. The Morgan fingerprint density at radius 1 is 1.06 bits per heavy atom. The number of fused-ring (bicyclic) bond motifs is 1. The van der Waals surface area contributed by atoms with E-state index in [0.717, 1.165) is 39.7 Å². The zero-order valence-corrected chi connectivity index (χ0v) is 18.4. The van der Waals surface area contributed by atoms with E-state index in [1.54, 1.807) is 6.20 Å². The number of hydrogen-bond donors (Lipinski definition) is 1. The van der Waals surface area contributed by atoms with Crippen molar-refractivity contribution >= 4 is 39.0 Å². The molecule has 4 rings (SSSR count). The normalized spacial score (nSPS) is 10.8. The molecule has 1 N–H and O–H groups in total. The third-order valence-electron chi connectivity index (χ3n) is 4.88. The van der Waals surface area contributed by atoms with Crippen LogP contribution in [0.1, 0.15) is 13.8 Å². The standard InChI is InChI=1S/C24H24N4O2S/c1-3-28(4-2)19-10-6-11-20(15-19)30-16-22(29)26-18-9-5-8-17(14-18)23-27-21-12-7-13-25-24(21)31-23/h5-15H,3-4,16H2,1-2H3,(H,26,29). The van der Waals surface area contributed by atoms with E-state index in [4.69, 9.17) is 4.74 Å². The summed E-state index contributed by atoms with van der Waals surface area (Å²) in [6.07, 6.45) is 1.76. The van der Waals surface area contributed by atoms with Crippen LogP contribution in [0, 0.1) is 0 Å². The molecule has 2 heterocycles. The second kappa shape index (κ2) is 9.57. The Balaban J connectivity index is 1.40. The lowest BCUT2D eigenvalue weighted by Crippen LogP contribution is -2.22. The predicted octanol–water partition coefficient (Wildman–Crippen LogP) is 5.22. The number of rotatable bonds is 8. The van der Waals surface area contributed by atoms with Gasteiger partial charge < -0.3 is 15.0 Å². The lowest BCUT2D eigenvalue weighted by atomic mass is 10.2. The van der Waals surface area contributed by atoms with Gasteiger partial charge in [0, 0.05) is 42.3 Å². The molecule has 0 saturated heterocycles.